The van der Waals surface area contributed by atoms with Gasteiger partial charge in [-0.05, 0) is 37.0 Å². The van der Waals surface area contributed by atoms with Crippen LogP contribution in [0.25, 0.3) is 0 Å². The molecule has 0 aliphatic heterocycles. The quantitative estimate of drug-likeness (QED) is 0.598. The highest BCUT2D eigenvalue weighted by atomic mass is 32.2. The van der Waals surface area contributed by atoms with E-state index in [-0.39, 0.29) is 12.1 Å². The largest absolute Gasteiger partial charge is 0.394 e. The summed E-state index contributed by atoms with van der Waals surface area (Å²) in [6, 6.07) is 2.36. The summed E-state index contributed by atoms with van der Waals surface area (Å²) in [5.74, 6) is 1.60. The van der Waals surface area contributed by atoms with Gasteiger partial charge in [0.1, 0.15) is 6.33 Å². The molecule has 2 rings (SSSR count). The molecule has 0 saturated heterocycles. The van der Waals surface area contributed by atoms with Crippen molar-refractivity contribution in [3.8, 4) is 0 Å². The average Bonchev–Trinajstić information content (AvgIpc) is 2.83. The molecule has 0 spiro atoms. The molecule has 2 atom stereocenters. The van der Waals surface area contributed by atoms with Crippen LogP contribution in [0.3, 0.4) is 0 Å². The fourth-order valence-electron chi connectivity index (χ4n) is 3.25. The van der Waals surface area contributed by atoms with E-state index in [2.05, 4.69) is 29.1 Å². The Hall–Kier alpha value is -0.650. The number of thioether (sulfide) groups is 1. The maximum absolute atomic E-state index is 9.86. The lowest BCUT2D eigenvalue weighted by Gasteiger charge is -2.37. The van der Waals surface area contributed by atoms with E-state index in [0.29, 0.717) is 12.0 Å². The van der Waals surface area contributed by atoms with Crippen molar-refractivity contribution < 1.29 is 5.11 Å². The number of aliphatic hydroxyl groups is 1. The molecule has 2 unspecified atom stereocenters. The first kappa shape index (κ1) is 15.7. The topological polar surface area (TPSA) is 58.0 Å². The third-order valence-electron chi connectivity index (χ3n) is 4.09. The maximum Gasteiger partial charge on any atom is 0.116 e. The van der Waals surface area contributed by atoms with Gasteiger partial charge in [0, 0.05) is 17.8 Å². The molecule has 112 valence electrons. The van der Waals surface area contributed by atoms with Crippen LogP contribution in [0.1, 0.15) is 39.5 Å². The van der Waals surface area contributed by atoms with E-state index >= 15 is 0 Å². The molecule has 0 aromatic carbocycles. The second-order valence-corrected chi connectivity index (χ2v) is 7.00. The Labute approximate surface area is 125 Å². The van der Waals surface area contributed by atoms with E-state index in [0.717, 1.165) is 23.6 Å². The zero-order valence-corrected chi connectivity index (χ0v) is 13.2. The Balaban J connectivity index is 1.87. The van der Waals surface area contributed by atoms with Crippen LogP contribution in [-0.2, 0) is 0 Å². The second-order valence-electron chi connectivity index (χ2n) is 5.89. The minimum absolute atomic E-state index is 0.0690. The van der Waals surface area contributed by atoms with E-state index < -0.39 is 0 Å². The zero-order chi connectivity index (χ0) is 14.4. The van der Waals surface area contributed by atoms with Crippen LogP contribution in [0.15, 0.2) is 23.6 Å². The molecule has 20 heavy (non-hydrogen) atoms. The number of rotatable bonds is 7. The van der Waals surface area contributed by atoms with Gasteiger partial charge in [-0.3, -0.25) is 0 Å². The normalized spacial score (nSPS) is 26.3. The number of hydrogen-bond donors (Lipinski definition) is 2. The average molecular weight is 295 g/mol. The number of aliphatic hydroxyl groups excluding tert-OH is 1. The summed E-state index contributed by atoms with van der Waals surface area (Å²) in [5, 5.41) is 14.5. The smallest absolute Gasteiger partial charge is 0.116 e. The first-order valence-corrected chi connectivity index (χ1v) is 8.42. The third kappa shape index (κ3) is 3.93. The summed E-state index contributed by atoms with van der Waals surface area (Å²) in [7, 11) is 0. The molecule has 2 N–H and O–H groups in total. The highest BCUT2D eigenvalue weighted by Gasteiger charge is 2.41. The van der Waals surface area contributed by atoms with Crippen molar-refractivity contribution in [3.63, 3.8) is 0 Å². The van der Waals surface area contributed by atoms with E-state index in [1.165, 1.54) is 12.8 Å². The van der Waals surface area contributed by atoms with Crippen molar-refractivity contribution in [1.82, 2.24) is 15.3 Å². The molecule has 0 amide bonds. The van der Waals surface area contributed by atoms with Crippen molar-refractivity contribution in [1.29, 1.82) is 0 Å². The van der Waals surface area contributed by atoms with Gasteiger partial charge < -0.3 is 10.4 Å². The van der Waals surface area contributed by atoms with Crippen molar-refractivity contribution in [3.05, 3.63) is 18.6 Å². The lowest BCUT2D eigenvalue weighted by Crippen LogP contribution is -2.54. The monoisotopic (exact) mass is 295 g/mol. The number of nitrogens with zero attached hydrogens (tertiary/aromatic N) is 2. The summed E-state index contributed by atoms with van der Waals surface area (Å²) in [4.78, 5) is 8.17. The molecular weight excluding hydrogens is 270 g/mol. The van der Waals surface area contributed by atoms with Gasteiger partial charge in [-0.2, -0.15) is 0 Å². The van der Waals surface area contributed by atoms with Gasteiger partial charge in [-0.1, -0.05) is 20.3 Å². The first-order chi connectivity index (χ1) is 9.66. The number of nitrogens with one attached hydrogen (secondary N) is 1. The second kappa shape index (κ2) is 7.38. The van der Waals surface area contributed by atoms with Crippen LogP contribution in [0, 0.1) is 5.92 Å². The fraction of sp³-hybridized carbons (Fsp3) is 0.733. The molecule has 0 bridgehead atoms. The van der Waals surface area contributed by atoms with Gasteiger partial charge >= 0.3 is 0 Å². The van der Waals surface area contributed by atoms with Gasteiger partial charge in [0.05, 0.1) is 11.6 Å². The third-order valence-corrected chi connectivity index (χ3v) is 5.06. The summed E-state index contributed by atoms with van der Waals surface area (Å²) in [5.41, 5.74) is -0.0690. The van der Waals surface area contributed by atoms with E-state index in [1.54, 1.807) is 24.3 Å². The van der Waals surface area contributed by atoms with Crippen LogP contribution < -0.4 is 5.32 Å². The van der Waals surface area contributed by atoms with Crippen LogP contribution in [0.2, 0.25) is 0 Å². The predicted octanol–water partition coefficient (Wildman–Crippen LogP) is 2.49. The van der Waals surface area contributed by atoms with Crippen molar-refractivity contribution in [2.75, 3.05) is 12.4 Å². The van der Waals surface area contributed by atoms with Crippen LogP contribution >= 0.6 is 11.8 Å². The predicted molar refractivity (Wildman–Crippen MR) is 82.8 cm³/mol. The lowest BCUT2D eigenvalue weighted by atomic mass is 9.85. The van der Waals surface area contributed by atoms with E-state index in [9.17, 15) is 5.11 Å². The molecule has 1 aromatic heterocycles. The summed E-state index contributed by atoms with van der Waals surface area (Å²) in [6.45, 7) is 4.55. The van der Waals surface area contributed by atoms with Crippen LogP contribution in [0.4, 0.5) is 0 Å². The SMILES string of the molecule is CC(C)NC1(CO)CCCC1CCSc1ccncn1. The Morgan fingerprint density at radius 3 is 3.05 bits per heavy atom. The summed E-state index contributed by atoms with van der Waals surface area (Å²) in [6.07, 6.45) is 8.01. The molecule has 1 fully saturated rings. The highest BCUT2D eigenvalue weighted by Crippen LogP contribution is 2.39. The summed E-state index contributed by atoms with van der Waals surface area (Å²) < 4.78 is 0. The molecule has 0 radical (unpaired) electrons. The minimum Gasteiger partial charge on any atom is -0.394 e. The van der Waals surface area contributed by atoms with Gasteiger partial charge in [-0.25, -0.2) is 9.97 Å². The standard InChI is InChI=1S/C15H25N3OS/c1-12(2)18-15(10-19)7-3-4-13(15)6-9-20-14-5-8-16-11-17-14/h5,8,11-13,18-19H,3-4,6-7,9-10H2,1-2H3. The van der Waals surface area contributed by atoms with Crippen LogP contribution in [-0.4, -0.2) is 39.0 Å². The molecule has 1 aliphatic rings. The molecule has 1 aliphatic carbocycles. The van der Waals surface area contributed by atoms with Crippen molar-refractivity contribution in [2.45, 2.75) is 56.1 Å². The highest BCUT2D eigenvalue weighted by molar-refractivity contribution is 7.99. The Morgan fingerprint density at radius 2 is 2.40 bits per heavy atom. The molecule has 4 nitrogen and oxygen atoms in total. The molecule has 1 heterocycles. The number of aromatic nitrogens is 2. The summed E-state index contributed by atoms with van der Waals surface area (Å²) >= 11 is 1.78. The first-order valence-electron chi connectivity index (χ1n) is 7.43. The van der Waals surface area contributed by atoms with E-state index in [1.807, 2.05) is 6.07 Å². The maximum atomic E-state index is 9.86. The lowest BCUT2D eigenvalue weighted by molar-refractivity contribution is 0.113. The molecule has 1 saturated carbocycles. The van der Waals surface area contributed by atoms with E-state index in [4.69, 9.17) is 0 Å². The minimum atomic E-state index is -0.0690. The Bertz CT molecular complexity index is 401. The molecular formula is C15H25N3OS. The van der Waals surface area contributed by atoms with Gasteiger partial charge in [0.15, 0.2) is 0 Å². The van der Waals surface area contributed by atoms with Crippen LogP contribution in [0.5, 0.6) is 0 Å². The fourth-order valence-corrected chi connectivity index (χ4v) is 4.14. The molecule has 1 aromatic rings. The Kier molecular flexibility index (Phi) is 5.81. The Morgan fingerprint density at radius 1 is 1.55 bits per heavy atom. The zero-order valence-electron chi connectivity index (χ0n) is 12.4. The van der Waals surface area contributed by atoms with Gasteiger partial charge in [0.25, 0.3) is 0 Å². The van der Waals surface area contributed by atoms with Gasteiger partial charge in [0.2, 0.25) is 0 Å². The van der Waals surface area contributed by atoms with Gasteiger partial charge in [-0.15, -0.1) is 11.8 Å². The number of hydrogen-bond acceptors (Lipinski definition) is 5. The molecule has 5 heteroatoms. The van der Waals surface area contributed by atoms with Crippen molar-refractivity contribution in [2.24, 2.45) is 5.92 Å². The van der Waals surface area contributed by atoms with Crippen molar-refractivity contribution >= 4 is 11.8 Å².